The molecule has 1 aliphatic carbocycles. The van der Waals surface area contributed by atoms with Crippen molar-refractivity contribution in [3.8, 4) is 0 Å². The second-order valence-electron chi connectivity index (χ2n) is 7.56. The van der Waals surface area contributed by atoms with Crippen molar-refractivity contribution >= 4 is 0 Å². The molecule has 0 aromatic heterocycles. The molecule has 1 aliphatic rings. The van der Waals surface area contributed by atoms with E-state index in [4.69, 9.17) is 5.11 Å². The monoisotopic (exact) mass is 304 g/mol. The molecule has 0 aliphatic heterocycles. The van der Waals surface area contributed by atoms with Gasteiger partial charge in [-0.3, -0.25) is 0 Å². The van der Waals surface area contributed by atoms with Crippen LogP contribution in [0.3, 0.4) is 0 Å². The zero-order valence-electron chi connectivity index (χ0n) is 14.4. The first-order valence-electron chi connectivity index (χ1n) is 8.87. The van der Waals surface area contributed by atoms with Crippen molar-refractivity contribution in [2.75, 3.05) is 6.61 Å². The summed E-state index contributed by atoms with van der Waals surface area (Å²) in [7, 11) is 0. The Morgan fingerprint density at radius 2 is 1.82 bits per heavy atom. The molecule has 0 radical (unpaired) electrons. The average molecular weight is 304 g/mol. The number of hydrogen-bond acceptors (Lipinski definition) is 2. The van der Waals surface area contributed by atoms with Gasteiger partial charge in [0.15, 0.2) is 0 Å². The van der Waals surface area contributed by atoms with Crippen molar-refractivity contribution < 1.29 is 10.2 Å². The van der Waals surface area contributed by atoms with Gasteiger partial charge in [0.05, 0.1) is 6.10 Å². The molecule has 1 fully saturated rings. The van der Waals surface area contributed by atoms with Crippen LogP contribution in [0.1, 0.15) is 76.3 Å². The van der Waals surface area contributed by atoms with Gasteiger partial charge in [0.2, 0.25) is 0 Å². The highest BCUT2D eigenvalue weighted by atomic mass is 16.3. The number of aliphatic hydroxyl groups excluding tert-OH is 2. The van der Waals surface area contributed by atoms with Crippen LogP contribution in [0.25, 0.3) is 0 Å². The van der Waals surface area contributed by atoms with E-state index in [1.165, 1.54) is 11.1 Å². The topological polar surface area (TPSA) is 40.5 Å². The summed E-state index contributed by atoms with van der Waals surface area (Å²) >= 11 is 0. The Morgan fingerprint density at radius 3 is 2.41 bits per heavy atom. The first kappa shape index (κ1) is 17.5. The van der Waals surface area contributed by atoms with Crippen LogP contribution in [0, 0.1) is 5.92 Å². The van der Waals surface area contributed by atoms with E-state index in [2.05, 4.69) is 45.0 Å². The summed E-state index contributed by atoms with van der Waals surface area (Å²) in [6.07, 6.45) is 5.76. The summed E-state index contributed by atoms with van der Waals surface area (Å²) in [5.41, 5.74) is 2.97. The molecule has 1 saturated carbocycles. The molecular weight excluding hydrogens is 272 g/mol. The number of benzene rings is 1. The Labute approximate surface area is 135 Å². The van der Waals surface area contributed by atoms with E-state index in [1.807, 2.05) is 0 Å². The molecule has 0 amide bonds. The summed E-state index contributed by atoms with van der Waals surface area (Å²) in [4.78, 5) is 0. The normalized spacial score (nSPS) is 26.1. The molecule has 0 unspecified atom stereocenters. The van der Waals surface area contributed by atoms with Crippen molar-refractivity contribution in [2.45, 2.75) is 76.7 Å². The van der Waals surface area contributed by atoms with Gasteiger partial charge in [-0.15, -0.1) is 0 Å². The number of hydrogen-bond donors (Lipinski definition) is 2. The van der Waals surface area contributed by atoms with Gasteiger partial charge in [0.1, 0.15) is 0 Å². The second-order valence-corrected chi connectivity index (χ2v) is 7.56. The minimum Gasteiger partial charge on any atom is -0.396 e. The molecule has 0 saturated heterocycles. The first-order valence-corrected chi connectivity index (χ1v) is 8.87. The zero-order chi connectivity index (χ0) is 16.2. The smallest absolute Gasteiger partial charge is 0.0546 e. The van der Waals surface area contributed by atoms with E-state index >= 15 is 0 Å². The Balaban J connectivity index is 2.16. The third-order valence-electron chi connectivity index (χ3n) is 5.70. The van der Waals surface area contributed by atoms with Gasteiger partial charge in [0, 0.05) is 6.61 Å². The molecule has 0 spiro atoms. The minimum absolute atomic E-state index is 0.165. The van der Waals surface area contributed by atoms with Crippen LogP contribution in [-0.2, 0) is 5.41 Å². The fourth-order valence-electron chi connectivity index (χ4n) is 3.70. The van der Waals surface area contributed by atoms with Crippen LogP contribution in [0.5, 0.6) is 0 Å². The van der Waals surface area contributed by atoms with Gasteiger partial charge >= 0.3 is 0 Å². The van der Waals surface area contributed by atoms with E-state index in [-0.39, 0.29) is 18.1 Å². The third-order valence-corrected chi connectivity index (χ3v) is 5.70. The van der Waals surface area contributed by atoms with Crippen molar-refractivity contribution in [1.29, 1.82) is 0 Å². The fraction of sp³-hybridized carbons (Fsp3) is 0.700. The molecule has 124 valence electrons. The van der Waals surface area contributed by atoms with Crippen molar-refractivity contribution in [2.24, 2.45) is 5.92 Å². The third kappa shape index (κ3) is 4.11. The quantitative estimate of drug-likeness (QED) is 0.818. The molecule has 1 aromatic carbocycles. The molecule has 0 bridgehead atoms. The number of aliphatic hydroxyl groups is 2. The second kappa shape index (κ2) is 7.61. The first-order chi connectivity index (χ1) is 10.5. The van der Waals surface area contributed by atoms with Gasteiger partial charge in [0.25, 0.3) is 0 Å². The van der Waals surface area contributed by atoms with Gasteiger partial charge in [-0.05, 0) is 66.9 Å². The number of rotatable bonds is 6. The molecule has 2 nitrogen and oxygen atoms in total. The molecule has 2 heteroatoms. The van der Waals surface area contributed by atoms with Crippen LogP contribution < -0.4 is 0 Å². The summed E-state index contributed by atoms with van der Waals surface area (Å²) in [5, 5.41) is 19.2. The lowest BCUT2D eigenvalue weighted by Gasteiger charge is -2.35. The molecule has 3 atom stereocenters. The van der Waals surface area contributed by atoms with E-state index in [0.717, 1.165) is 38.5 Å². The standard InChI is InChI=1S/C20H32O2/c1-4-20(2,3)17-10-7-16(8-11-17)19-14-18(22)12-9-15(19)6-5-13-21/h7-8,10-11,15,18-19,21-22H,4-6,9,12-14H2,1-3H3/t15-,18-,19-/m1/s1. The summed E-state index contributed by atoms with van der Waals surface area (Å²) < 4.78 is 0. The van der Waals surface area contributed by atoms with Crippen LogP contribution in [0.15, 0.2) is 24.3 Å². The van der Waals surface area contributed by atoms with Crippen molar-refractivity contribution in [1.82, 2.24) is 0 Å². The highest BCUT2D eigenvalue weighted by Gasteiger charge is 2.30. The molecule has 1 aromatic rings. The SMILES string of the molecule is CCC(C)(C)c1ccc([C@@H]2C[C@H](O)CC[C@H]2CCCO)cc1. The lowest BCUT2D eigenvalue weighted by Crippen LogP contribution is -2.26. The van der Waals surface area contributed by atoms with E-state index in [9.17, 15) is 5.11 Å². The lowest BCUT2D eigenvalue weighted by molar-refractivity contribution is 0.0885. The zero-order valence-corrected chi connectivity index (χ0v) is 14.4. The van der Waals surface area contributed by atoms with Gasteiger partial charge < -0.3 is 10.2 Å². The van der Waals surface area contributed by atoms with Crippen LogP contribution >= 0.6 is 0 Å². The summed E-state index contributed by atoms with van der Waals surface area (Å²) in [5.74, 6) is 1.04. The van der Waals surface area contributed by atoms with Crippen LogP contribution in [0.4, 0.5) is 0 Å². The molecule has 2 N–H and O–H groups in total. The predicted molar refractivity (Wildman–Crippen MR) is 92.2 cm³/mol. The highest BCUT2D eigenvalue weighted by Crippen LogP contribution is 2.41. The van der Waals surface area contributed by atoms with Crippen LogP contribution in [0.2, 0.25) is 0 Å². The van der Waals surface area contributed by atoms with E-state index in [0.29, 0.717) is 11.8 Å². The van der Waals surface area contributed by atoms with Gasteiger partial charge in [-0.2, -0.15) is 0 Å². The Morgan fingerprint density at radius 1 is 1.14 bits per heavy atom. The van der Waals surface area contributed by atoms with Crippen LogP contribution in [-0.4, -0.2) is 22.9 Å². The molecule has 0 heterocycles. The Kier molecular flexibility index (Phi) is 6.05. The molecule has 2 rings (SSSR count). The van der Waals surface area contributed by atoms with E-state index < -0.39 is 0 Å². The largest absolute Gasteiger partial charge is 0.396 e. The molecular formula is C20H32O2. The van der Waals surface area contributed by atoms with Crippen molar-refractivity contribution in [3.63, 3.8) is 0 Å². The summed E-state index contributed by atoms with van der Waals surface area (Å²) in [6, 6.07) is 9.06. The van der Waals surface area contributed by atoms with Crippen molar-refractivity contribution in [3.05, 3.63) is 35.4 Å². The minimum atomic E-state index is -0.165. The maximum atomic E-state index is 10.1. The van der Waals surface area contributed by atoms with Gasteiger partial charge in [-0.1, -0.05) is 45.0 Å². The lowest BCUT2D eigenvalue weighted by atomic mass is 9.72. The Hall–Kier alpha value is -0.860. The summed E-state index contributed by atoms with van der Waals surface area (Å²) in [6.45, 7) is 7.08. The average Bonchev–Trinajstić information content (AvgIpc) is 2.54. The highest BCUT2D eigenvalue weighted by molar-refractivity contribution is 5.30. The maximum absolute atomic E-state index is 10.1. The maximum Gasteiger partial charge on any atom is 0.0546 e. The predicted octanol–water partition coefficient (Wildman–Crippen LogP) is 4.39. The Bertz CT molecular complexity index is 447. The van der Waals surface area contributed by atoms with E-state index in [1.54, 1.807) is 0 Å². The fourth-order valence-corrected chi connectivity index (χ4v) is 3.70. The van der Waals surface area contributed by atoms with Gasteiger partial charge in [-0.25, -0.2) is 0 Å². The molecule has 22 heavy (non-hydrogen) atoms.